The molecule has 0 aliphatic carbocycles. The molecule has 1 fully saturated rings. The zero-order chi connectivity index (χ0) is 15.8. The third kappa shape index (κ3) is 2.96. The summed E-state index contributed by atoms with van der Waals surface area (Å²) in [5.41, 5.74) is 2.60. The summed E-state index contributed by atoms with van der Waals surface area (Å²) in [7, 11) is 0. The van der Waals surface area contributed by atoms with Crippen LogP contribution >= 0.6 is 0 Å². The van der Waals surface area contributed by atoms with Crippen LogP contribution in [0.2, 0.25) is 0 Å². The van der Waals surface area contributed by atoms with Gasteiger partial charge in [0.2, 0.25) is 5.89 Å². The lowest BCUT2D eigenvalue weighted by molar-refractivity contribution is 0.173. The first-order chi connectivity index (χ1) is 11.2. The second-order valence-corrected chi connectivity index (χ2v) is 6.37. The summed E-state index contributed by atoms with van der Waals surface area (Å²) in [6.07, 6.45) is 2.25. The van der Waals surface area contributed by atoms with Gasteiger partial charge in [0.1, 0.15) is 5.75 Å². The first-order valence-electron chi connectivity index (χ1n) is 8.16. The van der Waals surface area contributed by atoms with Crippen molar-refractivity contribution in [1.82, 2.24) is 15.0 Å². The third-order valence-electron chi connectivity index (χ3n) is 4.65. The normalized spacial score (nSPS) is 23.9. The molecule has 0 spiro atoms. The molecule has 1 saturated heterocycles. The lowest BCUT2D eigenvalue weighted by Crippen LogP contribution is -2.27. The number of benzene rings is 1. The van der Waals surface area contributed by atoms with E-state index in [1.54, 1.807) is 0 Å². The van der Waals surface area contributed by atoms with Crippen LogP contribution in [0.1, 0.15) is 35.3 Å². The molecular formula is C17H21N3O3. The Bertz CT molecular complexity index is 700. The Morgan fingerprint density at radius 1 is 1.39 bits per heavy atom. The summed E-state index contributed by atoms with van der Waals surface area (Å²) in [4.78, 5) is 6.57. The zero-order valence-electron chi connectivity index (χ0n) is 13.2. The molecular weight excluding hydrogens is 294 g/mol. The molecule has 6 heteroatoms. The second-order valence-electron chi connectivity index (χ2n) is 6.37. The van der Waals surface area contributed by atoms with E-state index in [-0.39, 0.29) is 12.1 Å². The fraction of sp³-hybridized carbons (Fsp3) is 0.529. The predicted octanol–water partition coefficient (Wildman–Crippen LogP) is 1.66. The van der Waals surface area contributed by atoms with Crippen LogP contribution in [0, 0.1) is 6.92 Å². The SMILES string of the molecule is Cc1noc([C@H]2C[C@@H](O)CN2CCc2ccc3c(c2)CCO3)n1. The van der Waals surface area contributed by atoms with Crippen molar-refractivity contribution >= 4 is 0 Å². The average molecular weight is 315 g/mol. The van der Waals surface area contributed by atoms with Gasteiger partial charge in [-0.25, -0.2) is 0 Å². The number of likely N-dealkylation sites (tertiary alicyclic amines) is 1. The van der Waals surface area contributed by atoms with Gasteiger partial charge in [0.25, 0.3) is 0 Å². The number of ether oxygens (including phenoxy) is 1. The minimum absolute atomic E-state index is 0.0176. The van der Waals surface area contributed by atoms with Gasteiger partial charge in [-0.1, -0.05) is 17.3 Å². The second kappa shape index (κ2) is 5.94. The number of hydrogen-bond donors (Lipinski definition) is 1. The molecule has 0 unspecified atom stereocenters. The number of β-amino-alcohol motifs (C(OH)–C–C–N with tert-alkyl or cyclic N) is 1. The van der Waals surface area contributed by atoms with Crippen LogP contribution in [0.25, 0.3) is 0 Å². The van der Waals surface area contributed by atoms with Crippen LogP contribution in [0.3, 0.4) is 0 Å². The summed E-state index contributed by atoms with van der Waals surface area (Å²) in [6, 6.07) is 6.45. The van der Waals surface area contributed by atoms with Gasteiger partial charge in [-0.05, 0) is 37.0 Å². The maximum atomic E-state index is 10.0. The van der Waals surface area contributed by atoms with E-state index < -0.39 is 0 Å². The van der Waals surface area contributed by atoms with E-state index in [4.69, 9.17) is 9.26 Å². The Kier molecular flexibility index (Phi) is 3.79. The molecule has 2 aliphatic rings. The highest BCUT2D eigenvalue weighted by Gasteiger charge is 2.35. The van der Waals surface area contributed by atoms with Crippen LogP contribution in [0.15, 0.2) is 22.7 Å². The third-order valence-corrected chi connectivity index (χ3v) is 4.65. The molecule has 1 N–H and O–H groups in total. The van der Waals surface area contributed by atoms with Crippen molar-refractivity contribution in [3.8, 4) is 5.75 Å². The Morgan fingerprint density at radius 3 is 3.13 bits per heavy atom. The molecule has 1 aromatic carbocycles. The van der Waals surface area contributed by atoms with Crippen LogP contribution in [-0.4, -0.2) is 45.9 Å². The number of fused-ring (bicyclic) bond motifs is 1. The summed E-state index contributed by atoms with van der Waals surface area (Å²) in [5.74, 6) is 2.27. The zero-order valence-corrected chi connectivity index (χ0v) is 13.2. The van der Waals surface area contributed by atoms with Crippen molar-refractivity contribution < 1.29 is 14.4 Å². The first-order valence-corrected chi connectivity index (χ1v) is 8.16. The number of aliphatic hydroxyl groups excluding tert-OH is 1. The highest BCUT2D eigenvalue weighted by atomic mass is 16.5. The largest absolute Gasteiger partial charge is 0.493 e. The standard InChI is InChI=1S/C17H21N3O3/c1-11-18-17(23-19-11)15-9-14(21)10-20(15)6-4-12-2-3-16-13(8-12)5-7-22-16/h2-3,8,14-15,21H,4-7,9-10H2,1H3/t14-,15-/m1/s1. The molecule has 4 rings (SSSR count). The average Bonchev–Trinajstić information content (AvgIpc) is 3.24. The van der Waals surface area contributed by atoms with Gasteiger partial charge >= 0.3 is 0 Å². The van der Waals surface area contributed by atoms with Crippen molar-refractivity contribution in [2.75, 3.05) is 19.7 Å². The Morgan fingerprint density at radius 2 is 2.30 bits per heavy atom. The minimum atomic E-state index is -0.333. The predicted molar refractivity (Wildman–Crippen MR) is 83.3 cm³/mol. The fourth-order valence-corrected chi connectivity index (χ4v) is 3.50. The number of hydrogen-bond acceptors (Lipinski definition) is 6. The minimum Gasteiger partial charge on any atom is -0.493 e. The van der Waals surface area contributed by atoms with Gasteiger partial charge in [0.15, 0.2) is 5.82 Å². The molecule has 2 aliphatic heterocycles. The monoisotopic (exact) mass is 315 g/mol. The lowest BCUT2D eigenvalue weighted by Gasteiger charge is -2.21. The molecule has 1 aromatic heterocycles. The molecule has 2 atom stereocenters. The summed E-state index contributed by atoms with van der Waals surface area (Å²) < 4.78 is 10.9. The maximum absolute atomic E-state index is 10.0. The highest BCUT2D eigenvalue weighted by Crippen LogP contribution is 2.32. The molecule has 23 heavy (non-hydrogen) atoms. The summed E-state index contributed by atoms with van der Waals surface area (Å²) in [5, 5.41) is 13.9. The fourth-order valence-electron chi connectivity index (χ4n) is 3.50. The number of nitrogens with zero attached hydrogens (tertiary/aromatic N) is 3. The molecule has 3 heterocycles. The molecule has 0 radical (unpaired) electrons. The number of aryl methyl sites for hydroxylation is 1. The molecule has 122 valence electrons. The molecule has 0 saturated carbocycles. The Labute approximate surface area is 135 Å². The van der Waals surface area contributed by atoms with Gasteiger partial charge in [-0.15, -0.1) is 0 Å². The van der Waals surface area contributed by atoms with E-state index in [1.165, 1.54) is 11.1 Å². The van der Waals surface area contributed by atoms with E-state index in [2.05, 4.69) is 33.2 Å². The topological polar surface area (TPSA) is 71.6 Å². The van der Waals surface area contributed by atoms with Crippen molar-refractivity contribution in [1.29, 1.82) is 0 Å². The smallest absolute Gasteiger partial charge is 0.244 e. The van der Waals surface area contributed by atoms with Crippen molar-refractivity contribution in [3.05, 3.63) is 41.0 Å². The van der Waals surface area contributed by atoms with E-state index in [0.717, 1.165) is 31.7 Å². The number of aromatic nitrogens is 2. The molecule has 2 aromatic rings. The van der Waals surface area contributed by atoms with Gasteiger partial charge in [0, 0.05) is 19.5 Å². The quantitative estimate of drug-likeness (QED) is 0.925. The summed E-state index contributed by atoms with van der Waals surface area (Å²) >= 11 is 0. The highest BCUT2D eigenvalue weighted by molar-refractivity contribution is 5.39. The number of aliphatic hydroxyl groups is 1. The molecule has 0 bridgehead atoms. The van der Waals surface area contributed by atoms with E-state index in [9.17, 15) is 5.11 Å². The molecule has 0 amide bonds. The van der Waals surface area contributed by atoms with Gasteiger partial charge in [-0.2, -0.15) is 4.98 Å². The van der Waals surface area contributed by atoms with Gasteiger partial charge in [-0.3, -0.25) is 4.90 Å². The van der Waals surface area contributed by atoms with E-state index in [1.807, 2.05) is 6.92 Å². The van der Waals surface area contributed by atoms with Crippen LogP contribution in [-0.2, 0) is 12.8 Å². The number of rotatable bonds is 4. The molecule has 6 nitrogen and oxygen atoms in total. The van der Waals surface area contributed by atoms with Crippen LogP contribution in [0.5, 0.6) is 5.75 Å². The van der Waals surface area contributed by atoms with Crippen molar-refractivity contribution in [3.63, 3.8) is 0 Å². The van der Waals surface area contributed by atoms with Crippen LogP contribution in [0.4, 0.5) is 0 Å². The summed E-state index contributed by atoms with van der Waals surface area (Å²) in [6.45, 7) is 4.12. The maximum Gasteiger partial charge on any atom is 0.244 e. The first kappa shape index (κ1) is 14.7. The van der Waals surface area contributed by atoms with Crippen LogP contribution < -0.4 is 4.74 Å². The van der Waals surface area contributed by atoms with E-state index in [0.29, 0.717) is 24.7 Å². The van der Waals surface area contributed by atoms with Gasteiger partial charge < -0.3 is 14.4 Å². The van der Waals surface area contributed by atoms with Crippen molar-refractivity contribution in [2.45, 2.75) is 38.3 Å². The lowest BCUT2D eigenvalue weighted by atomic mass is 10.1. The van der Waals surface area contributed by atoms with Crippen molar-refractivity contribution in [2.24, 2.45) is 0 Å². The Hall–Kier alpha value is -1.92. The van der Waals surface area contributed by atoms with Gasteiger partial charge in [0.05, 0.1) is 18.8 Å². The Balaban J connectivity index is 1.44. The van der Waals surface area contributed by atoms with E-state index >= 15 is 0 Å².